The van der Waals surface area contributed by atoms with Crippen molar-refractivity contribution < 1.29 is 62.4 Å². The second kappa shape index (κ2) is 6.62. The molecule has 0 saturated carbocycles. The molecule has 1 aromatic rings. The van der Waals surface area contributed by atoms with Crippen LogP contribution in [-0.2, 0) is 9.63 Å². The van der Waals surface area contributed by atoms with Crippen LogP contribution in [-0.4, -0.2) is 5.97 Å². The number of anilines is 1. The van der Waals surface area contributed by atoms with Crippen LogP contribution >= 0.6 is 0 Å². The van der Waals surface area contributed by atoms with Crippen LogP contribution in [0.2, 0.25) is 0 Å². The molecule has 1 N–H and O–H groups in total. The third-order valence-corrected chi connectivity index (χ3v) is 1.09. The fourth-order valence-corrected chi connectivity index (χ4v) is 0.637. The standard InChI is InChI=1S/C8H9NO2.K.H/c1-7(10)11-9-8-5-3-2-4-6-8;;/h2-6,9H,1H3;;/q;+1;-1. The molecule has 0 aliphatic heterocycles. The van der Waals surface area contributed by atoms with Crippen molar-refractivity contribution in [1.82, 2.24) is 0 Å². The van der Waals surface area contributed by atoms with Crippen molar-refractivity contribution in [3.05, 3.63) is 30.3 Å². The van der Waals surface area contributed by atoms with Crippen molar-refractivity contribution in [2.45, 2.75) is 6.92 Å². The molecule has 1 rings (SSSR count). The van der Waals surface area contributed by atoms with Gasteiger partial charge in [0, 0.05) is 6.92 Å². The van der Waals surface area contributed by atoms with Crippen molar-refractivity contribution in [3.8, 4) is 0 Å². The first kappa shape index (κ1) is 12.1. The van der Waals surface area contributed by atoms with Crippen LogP contribution < -0.4 is 56.9 Å². The van der Waals surface area contributed by atoms with Gasteiger partial charge in [-0.15, -0.1) is 0 Å². The normalized spacial score (nSPS) is 8.08. The second-order valence-electron chi connectivity index (χ2n) is 2.06. The summed E-state index contributed by atoms with van der Waals surface area (Å²) in [4.78, 5) is 14.9. The van der Waals surface area contributed by atoms with Gasteiger partial charge in [0.15, 0.2) is 0 Å². The SMILES string of the molecule is CC(=O)ONc1ccccc1.[H-].[K+]. The molecule has 0 aromatic heterocycles. The summed E-state index contributed by atoms with van der Waals surface area (Å²) >= 11 is 0. The Labute approximate surface area is 115 Å². The molecule has 12 heavy (non-hydrogen) atoms. The molecule has 3 nitrogen and oxygen atoms in total. The average Bonchev–Trinajstić information content (AvgIpc) is 2.03. The van der Waals surface area contributed by atoms with E-state index in [9.17, 15) is 4.79 Å². The largest absolute Gasteiger partial charge is 1.00 e. The van der Waals surface area contributed by atoms with E-state index in [2.05, 4.69) is 10.3 Å². The third-order valence-electron chi connectivity index (χ3n) is 1.09. The zero-order valence-corrected chi connectivity index (χ0v) is 10.3. The van der Waals surface area contributed by atoms with Gasteiger partial charge in [0.25, 0.3) is 0 Å². The quantitative estimate of drug-likeness (QED) is 0.466. The Balaban J connectivity index is 0. The van der Waals surface area contributed by atoms with Crippen LogP contribution in [0.25, 0.3) is 0 Å². The van der Waals surface area contributed by atoms with E-state index in [-0.39, 0.29) is 58.8 Å². The number of para-hydroxylation sites is 1. The van der Waals surface area contributed by atoms with Crippen molar-refractivity contribution >= 4 is 11.7 Å². The maximum atomic E-state index is 10.3. The Hall–Kier alpha value is 0.126. The number of hydrogen-bond acceptors (Lipinski definition) is 3. The van der Waals surface area contributed by atoms with Crippen LogP contribution in [0.5, 0.6) is 0 Å². The van der Waals surface area contributed by atoms with E-state index in [4.69, 9.17) is 0 Å². The molecule has 0 spiro atoms. The Kier molecular flexibility index (Phi) is 6.69. The molecule has 0 radical (unpaired) electrons. The summed E-state index contributed by atoms with van der Waals surface area (Å²) in [5.41, 5.74) is 3.26. The van der Waals surface area contributed by atoms with Gasteiger partial charge >= 0.3 is 57.4 Å². The zero-order valence-electron chi connectivity index (χ0n) is 8.20. The van der Waals surface area contributed by atoms with Gasteiger partial charge in [-0.1, -0.05) is 18.2 Å². The first-order valence-electron chi connectivity index (χ1n) is 3.27. The number of carbonyl (C=O) groups excluding carboxylic acids is 1. The molecule has 0 amide bonds. The molecule has 0 bridgehead atoms. The molecular weight excluding hydrogens is 181 g/mol. The van der Waals surface area contributed by atoms with E-state index in [1.807, 2.05) is 30.3 Å². The van der Waals surface area contributed by atoms with Crippen LogP contribution in [0, 0.1) is 0 Å². The number of hydrogen-bond donors (Lipinski definition) is 1. The van der Waals surface area contributed by atoms with Gasteiger partial charge in [0.2, 0.25) is 0 Å². The molecule has 0 saturated heterocycles. The Morgan fingerprint density at radius 2 is 2.00 bits per heavy atom. The minimum atomic E-state index is -0.353. The van der Waals surface area contributed by atoms with Crippen molar-refractivity contribution in [2.24, 2.45) is 0 Å². The Morgan fingerprint density at radius 3 is 2.50 bits per heavy atom. The van der Waals surface area contributed by atoms with Gasteiger partial charge in [-0.25, -0.2) is 5.48 Å². The minimum absolute atomic E-state index is 0. The van der Waals surface area contributed by atoms with Crippen molar-refractivity contribution in [2.75, 3.05) is 5.48 Å². The van der Waals surface area contributed by atoms with Gasteiger partial charge in [-0.05, 0) is 12.1 Å². The van der Waals surface area contributed by atoms with Gasteiger partial charge < -0.3 is 6.26 Å². The van der Waals surface area contributed by atoms with Crippen LogP contribution in [0.3, 0.4) is 0 Å². The van der Waals surface area contributed by atoms with Crippen LogP contribution in [0.15, 0.2) is 30.3 Å². The average molecular weight is 191 g/mol. The molecule has 0 fully saturated rings. The molecule has 0 unspecified atom stereocenters. The minimum Gasteiger partial charge on any atom is -1.00 e. The van der Waals surface area contributed by atoms with Gasteiger partial charge in [0.05, 0.1) is 5.69 Å². The third kappa shape index (κ3) is 4.90. The fraction of sp³-hybridized carbons (Fsp3) is 0.125. The summed E-state index contributed by atoms with van der Waals surface area (Å²) in [5.74, 6) is -0.353. The molecule has 0 aliphatic rings. The predicted octanol–water partition coefficient (Wildman–Crippen LogP) is -1.31. The van der Waals surface area contributed by atoms with E-state index in [0.717, 1.165) is 5.69 Å². The van der Waals surface area contributed by atoms with Gasteiger partial charge in [-0.2, -0.15) is 0 Å². The summed E-state index contributed by atoms with van der Waals surface area (Å²) in [7, 11) is 0. The summed E-state index contributed by atoms with van der Waals surface area (Å²) in [6.07, 6.45) is 0. The molecule has 1 aromatic carbocycles. The maximum absolute atomic E-state index is 10.3. The van der Waals surface area contributed by atoms with Gasteiger partial charge in [-0.3, -0.25) is 4.79 Å². The monoisotopic (exact) mass is 191 g/mol. The first-order valence-corrected chi connectivity index (χ1v) is 3.27. The van der Waals surface area contributed by atoms with Crippen molar-refractivity contribution in [3.63, 3.8) is 0 Å². The zero-order chi connectivity index (χ0) is 8.10. The second-order valence-corrected chi connectivity index (χ2v) is 2.06. The maximum Gasteiger partial charge on any atom is 1.00 e. The molecule has 0 aliphatic carbocycles. The molecule has 4 heteroatoms. The Morgan fingerprint density at radius 1 is 1.42 bits per heavy atom. The number of benzene rings is 1. The van der Waals surface area contributed by atoms with Crippen LogP contribution in [0.4, 0.5) is 5.69 Å². The van der Waals surface area contributed by atoms with E-state index in [1.165, 1.54) is 6.92 Å². The summed E-state index contributed by atoms with van der Waals surface area (Å²) in [6, 6.07) is 9.21. The molecule has 0 atom stereocenters. The molecule has 60 valence electrons. The van der Waals surface area contributed by atoms with E-state index >= 15 is 0 Å². The molecule has 0 heterocycles. The fourth-order valence-electron chi connectivity index (χ4n) is 0.637. The van der Waals surface area contributed by atoms with E-state index in [1.54, 1.807) is 0 Å². The first-order chi connectivity index (χ1) is 5.29. The number of carbonyl (C=O) groups is 1. The van der Waals surface area contributed by atoms with Crippen LogP contribution in [0.1, 0.15) is 8.35 Å². The Bertz CT molecular complexity index is 243. The molecular formula is C8H10KNO2. The topological polar surface area (TPSA) is 38.3 Å². The van der Waals surface area contributed by atoms with Crippen molar-refractivity contribution in [1.29, 1.82) is 0 Å². The van der Waals surface area contributed by atoms with E-state index in [0.29, 0.717) is 0 Å². The summed E-state index contributed by atoms with van der Waals surface area (Å²) in [5, 5.41) is 0. The number of rotatable bonds is 2. The predicted molar refractivity (Wildman–Crippen MR) is 42.9 cm³/mol. The summed E-state index contributed by atoms with van der Waals surface area (Å²) in [6.45, 7) is 1.34. The van der Waals surface area contributed by atoms with Gasteiger partial charge in [0.1, 0.15) is 0 Å². The van der Waals surface area contributed by atoms with E-state index < -0.39 is 0 Å². The summed E-state index contributed by atoms with van der Waals surface area (Å²) < 4.78 is 0. The smallest absolute Gasteiger partial charge is 1.00 e. The number of nitrogens with one attached hydrogen (secondary N) is 1.